The fraction of sp³-hybridized carbons (Fsp3) is 0.292. The normalized spacial score (nSPS) is 13.9. The second-order valence-corrected chi connectivity index (χ2v) is 8.66. The van der Waals surface area contributed by atoms with Crippen LogP contribution in [0.3, 0.4) is 0 Å². The van der Waals surface area contributed by atoms with Crippen LogP contribution in [-0.2, 0) is 12.8 Å². The van der Waals surface area contributed by atoms with E-state index in [-0.39, 0.29) is 5.56 Å². The van der Waals surface area contributed by atoms with Gasteiger partial charge in [-0.05, 0) is 54.5 Å². The Hall–Kier alpha value is -2.99. The van der Waals surface area contributed by atoms with Crippen molar-refractivity contribution in [3.8, 4) is 5.75 Å². The second kappa shape index (κ2) is 8.03. The molecule has 0 atom stereocenters. The van der Waals surface area contributed by atoms with Gasteiger partial charge in [-0.3, -0.25) is 4.79 Å². The number of ether oxygens (including phenoxy) is 1. The van der Waals surface area contributed by atoms with Crippen molar-refractivity contribution in [3.05, 3.63) is 69.1 Å². The molecule has 2 aromatic heterocycles. The molecular weight excluding hydrogens is 394 g/mol. The van der Waals surface area contributed by atoms with Gasteiger partial charge >= 0.3 is 0 Å². The average Bonchev–Trinajstić information content (AvgIpc) is 3.17. The summed E-state index contributed by atoms with van der Waals surface area (Å²) in [5, 5.41) is 7.41. The minimum atomic E-state index is -0.0908. The predicted octanol–water partition coefficient (Wildman–Crippen LogP) is 5.16. The van der Waals surface area contributed by atoms with Gasteiger partial charge in [-0.15, -0.1) is 11.3 Å². The van der Waals surface area contributed by atoms with Gasteiger partial charge in [0.15, 0.2) is 0 Å². The molecule has 0 saturated heterocycles. The lowest BCUT2D eigenvalue weighted by atomic mass is 9.97. The van der Waals surface area contributed by atoms with Crippen LogP contribution in [0.5, 0.6) is 5.75 Å². The molecule has 6 heteroatoms. The summed E-state index contributed by atoms with van der Waals surface area (Å²) in [6, 6.07) is 12.1. The summed E-state index contributed by atoms with van der Waals surface area (Å²) in [6.45, 7) is 2.71. The summed E-state index contributed by atoms with van der Waals surface area (Å²) in [5.74, 6) is 0.772. The minimum absolute atomic E-state index is 0.0908. The third-order valence-electron chi connectivity index (χ3n) is 5.56. The molecule has 0 N–H and O–H groups in total. The number of hydrogen-bond donors (Lipinski definition) is 0. The summed E-state index contributed by atoms with van der Waals surface area (Å²) in [7, 11) is 0. The molecule has 0 fully saturated rings. The Kier molecular flexibility index (Phi) is 5.09. The minimum Gasteiger partial charge on any atom is -0.493 e. The molecule has 0 saturated carbocycles. The molecular formula is C24H23N3O2S. The topological polar surface area (TPSA) is 56.5 Å². The van der Waals surface area contributed by atoms with E-state index in [4.69, 9.17) is 4.74 Å². The van der Waals surface area contributed by atoms with Gasteiger partial charge in [0.05, 0.1) is 18.2 Å². The maximum Gasteiger partial charge on any atom is 0.282 e. The van der Waals surface area contributed by atoms with Crippen LogP contribution < -0.4 is 10.3 Å². The highest BCUT2D eigenvalue weighted by Gasteiger charge is 2.20. The maximum atomic E-state index is 13.2. The molecule has 1 aliphatic carbocycles. The zero-order valence-electron chi connectivity index (χ0n) is 16.9. The van der Waals surface area contributed by atoms with E-state index >= 15 is 0 Å². The standard InChI is InChI=1S/C24H23N3O2S/c1-2-13-29-20-12-11-16-7-3-4-8-17(16)19(20)14-26-27-15-25-23-22(24(27)28)18-9-5-6-10-21(18)30-23/h3-4,7-8,11-12,14-15H,2,5-6,9-10,13H2,1H3/b26-14-. The fourth-order valence-corrected chi connectivity index (χ4v) is 5.31. The molecule has 30 heavy (non-hydrogen) atoms. The molecule has 0 spiro atoms. The van der Waals surface area contributed by atoms with Crippen LogP contribution in [-0.4, -0.2) is 22.5 Å². The van der Waals surface area contributed by atoms with E-state index in [1.165, 1.54) is 27.9 Å². The molecule has 0 aliphatic heterocycles. The van der Waals surface area contributed by atoms with Crippen molar-refractivity contribution in [3.63, 3.8) is 0 Å². The number of benzene rings is 2. The summed E-state index contributed by atoms with van der Waals surface area (Å²) < 4.78 is 7.31. The van der Waals surface area contributed by atoms with Crippen molar-refractivity contribution in [1.29, 1.82) is 0 Å². The van der Waals surface area contributed by atoms with Gasteiger partial charge in [0.25, 0.3) is 5.56 Å². The highest BCUT2D eigenvalue weighted by molar-refractivity contribution is 7.18. The molecule has 2 aromatic carbocycles. The Labute approximate surface area is 178 Å². The average molecular weight is 418 g/mol. The van der Waals surface area contributed by atoms with E-state index in [1.807, 2.05) is 18.2 Å². The number of hydrogen-bond acceptors (Lipinski definition) is 5. The van der Waals surface area contributed by atoms with E-state index in [1.54, 1.807) is 17.6 Å². The van der Waals surface area contributed by atoms with Crippen LogP contribution in [0.1, 0.15) is 42.2 Å². The van der Waals surface area contributed by atoms with E-state index in [0.29, 0.717) is 6.61 Å². The molecule has 4 aromatic rings. The lowest BCUT2D eigenvalue weighted by molar-refractivity contribution is 0.317. The van der Waals surface area contributed by atoms with Crippen molar-refractivity contribution in [2.24, 2.45) is 5.10 Å². The van der Waals surface area contributed by atoms with Gasteiger partial charge in [0, 0.05) is 10.4 Å². The van der Waals surface area contributed by atoms with Crippen molar-refractivity contribution in [2.75, 3.05) is 6.61 Å². The lowest BCUT2D eigenvalue weighted by Gasteiger charge is -2.11. The Balaban J connectivity index is 1.61. The van der Waals surface area contributed by atoms with E-state index < -0.39 is 0 Å². The van der Waals surface area contributed by atoms with Crippen LogP contribution in [0.25, 0.3) is 21.0 Å². The van der Waals surface area contributed by atoms with Crippen LogP contribution in [0.15, 0.2) is 52.6 Å². The molecule has 0 bridgehead atoms. The van der Waals surface area contributed by atoms with Gasteiger partial charge in [-0.1, -0.05) is 37.3 Å². The largest absolute Gasteiger partial charge is 0.493 e. The third-order valence-corrected chi connectivity index (χ3v) is 6.76. The Bertz CT molecular complexity index is 1320. The Morgan fingerprint density at radius 2 is 2.07 bits per heavy atom. The van der Waals surface area contributed by atoms with E-state index in [2.05, 4.69) is 35.2 Å². The Morgan fingerprint density at radius 3 is 2.97 bits per heavy atom. The summed E-state index contributed by atoms with van der Waals surface area (Å²) in [6.07, 6.45) is 8.50. The van der Waals surface area contributed by atoms with E-state index in [0.717, 1.165) is 58.0 Å². The van der Waals surface area contributed by atoms with Crippen LogP contribution in [0, 0.1) is 0 Å². The number of rotatable bonds is 5. The third kappa shape index (κ3) is 3.31. The van der Waals surface area contributed by atoms with Gasteiger partial charge in [0.1, 0.15) is 16.9 Å². The lowest BCUT2D eigenvalue weighted by Crippen LogP contribution is -2.18. The van der Waals surface area contributed by atoms with Crippen LogP contribution in [0.4, 0.5) is 0 Å². The maximum absolute atomic E-state index is 13.2. The molecule has 152 valence electrons. The smallest absolute Gasteiger partial charge is 0.282 e. The molecule has 1 aliphatic rings. The number of fused-ring (bicyclic) bond motifs is 4. The zero-order chi connectivity index (χ0) is 20.5. The summed E-state index contributed by atoms with van der Waals surface area (Å²) in [4.78, 5) is 19.9. The highest BCUT2D eigenvalue weighted by Crippen LogP contribution is 2.33. The Morgan fingerprint density at radius 1 is 1.20 bits per heavy atom. The quantitative estimate of drug-likeness (QED) is 0.422. The van der Waals surface area contributed by atoms with Gasteiger partial charge in [-0.25, -0.2) is 4.98 Å². The molecule has 5 rings (SSSR count). The van der Waals surface area contributed by atoms with Crippen LogP contribution >= 0.6 is 11.3 Å². The number of aryl methyl sites for hydroxylation is 2. The van der Waals surface area contributed by atoms with Crippen molar-refractivity contribution >= 4 is 38.5 Å². The first-order chi connectivity index (χ1) is 14.8. The first kappa shape index (κ1) is 19.0. The van der Waals surface area contributed by atoms with Gasteiger partial charge in [-0.2, -0.15) is 9.78 Å². The first-order valence-corrected chi connectivity index (χ1v) is 11.3. The summed E-state index contributed by atoms with van der Waals surface area (Å²) in [5.41, 5.74) is 1.97. The zero-order valence-corrected chi connectivity index (χ0v) is 17.7. The SMILES string of the molecule is CCCOc1ccc2ccccc2c1/C=N\n1cnc2sc3c(c2c1=O)CCCC3. The molecule has 2 heterocycles. The van der Waals surface area contributed by atoms with Crippen molar-refractivity contribution < 1.29 is 4.74 Å². The summed E-state index contributed by atoms with van der Waals surface area (Å²) >= 11 is 1.65. The van der Waals surface area contributed by atoms with Crippen molar-refractivity contribution in [2.45, 2.75) is 39.0 Å². The first-order valence-electron chi connectivity index (χ1n) is 10.5. The molecule has 5 nitrogen and oxygen atoms in total. The van der Waals surface area contributed by atoms with Gasteiger partial charge in [0.2, 0.25) is 0 Å². The van der Waals surface area contributed by atoms with E-state index in [9.17, 15) is 4.79 Å². The second-order valence-electron chi connectivity index (χ2n) is 7.58. The number of thiophene rings is 1. The van der Waals surface area contributed by atoms with Crippen LogP contribution in [0.2, 0.25) is 0 Å². The fourth-order valence-electron chi connectivity index (χ4n) is 4.09. The number of aromatic nitrogens is 2. The predicted molar refractivity (Wildman–Crippen MR) is 123 cm³/mol. The van der Waals surface area contributed by atoms with Gasteiger partial charge < -0.3 is 4.74 Å². The highest BCUT2D eigenvalue weighted by atomic mass is 32.1. The molecule has 0 radical (unpaired) electrons. The monoisotopic (exact) mass is 417 g/mol. The molecule has 0 unspecified atom stereocenters. The number of nitrogens with zero attached hydrogens (tertiary/aromatic N) is 3. The van der Waals surface area contributed by atoms with Crippen molar-refractivity contribution in [1.82, 2.24) is 9.66 Å². The molecule has 0 amide bonds.